The number of benzene rings is 2. The molecule has 1 fully saturated rings. The molecular formula is C22H21N3O5. The number of hydrogen-bond acceptors (Lipinski definition) is 7. The number of fused-ring (bicyclic) bond motifs is 1. The van der Waals surface area contributed by atoms with E-state index < -0.39 is 0 Å². The second kappa shape index (κ2) is 7.70. The molecule has 3 heterocycles. The SMILES string of the molecule is CCOc1ccccc1CN1CC(c2nc(-c3ccc4c(c3)OCO4)no2)CC1=O. The quantitative estimate of drug-likeness (QED) is 0.619. The summed E-state index contributed by atoms with van der Waals surface area (Å²) in [5.74, 6) is 3.04. The van der Waals surface area contributed by atoms with Crippen LogP contribution >= 0.6 is 0 Å². The third-order valence-electron chi connectivity index (χ3n) is 5.27. The van der Waals surface area contributed by atoms with E-state index in [1.165, 1.54) is 0 Å². The molecule has 1 aromatic heterocycles. The summed E-state index contributed by atoms with van der Waals surface area (Å²) in [4.78, 5) is 18.9. The Balaban J connectivity index is 1.31. The van der Waals surface area contributed by atoms with Gasteiger partial charge in [-0.3, -0.25) is 4.79 Å². The molecule has 1 atom stereocenters. The molecule has 1 unspecified atom stereocenters. The first kappa shape index (κ1) is 18.5. The van der Waals surface area contributed by atoms with E-state index in [4.69, 9.17) is 18.7 Å². The van der Waals surface area contributed by atoms with Gasteiger partial charge in [-0.25, -0.2) is 0 Å². The molecule has 2 aromatic carbocycles. The van der Waals surface area contributed by atoms with Crippen molar-refractivity contribution >= 4 is 5.91 Å². The van der Waals surface area contributed by atoms with Crippen molar-refractivity contribution in [3.05, 3.63) is 53.9 Å². The van der Waals surface area contributed by atoms with E-state index in [0.29, 0.717) is 49.3 Å². The van der Waals surface area contributed by atoms with Crippen LogP contribution in [0.4, 0.5) is 0 Å². The standard InChI is InChI=1S/C22H21N3O5/c1-2-27-17-6-4-3-5-15(17)11-25-12-16(10-20(25)26)22-23-21(24-30-22)14-7-8-18-19(9-14)29-13-28-18/h3-9,16H,2,10-13H2,1H3. The highest BCUT2D eigenvalue weighted by Gasteiger charge is 2.34. The molecule has 0 N–H and O–H groups in total. The minimum Gasteiger partial charge on any atom is -0.494 e. The Morgan fingerprint density at radius 1 is 1.17 bits per heavy atom. The van der Waals surface area contributed by atoms with Crippen LogP contribution in [0.15, 0.2) is 47.0 Å². The number of carbonyl (C=O) groups excluding carboxylic acids is 1. The zero-order chi connectivity index (χ0) is 20.5. The fraction of sp³-hybridized carbons (Fsp3) is 0.318. The molecule has 0 radical (unpaired) electrons. The van der Waals surface area contributed by atoms with Crippen molar-refractivity contribution in [2.45, 2.75) is 25.8 Å². The summed E-state index contributed by atoms with van der Waals surface area (Å²) in [6.45, 7) is 3.76. The number of aromatic nitrogens is 2. The average molecular weight is 407 g/mol. The Bertz CT molecular complexity index is 1080. The summed E-state index contributed by atoms with van der Waals surface area (Å²) in [6.07, 6.45) is 0.347. The van der Waals surface area contributed by atoms with Crippen LogP contribution in [0, 0.1) is 0 Å². The normalized spacial score (nSPS) is 17.6. The summed E-state index contributed by atoms with van der Waals surface area (Å²) >= 11 is 0. The van der Waals surface area contributed by atoms with Crippen molar-refractivity contribution in [3.63, 3.8) is 0 Å². The lowest BCUT2D eigenvalue weighted by atomic mass is 10.1. The van der Waals surface area contributed by atoms with Crippen molar-refractivity contribution in [3.8, 4) is 28.6 Å². The highest BCUT2D eigenvalue weighted by atomic mass is 16.7. The topological polar surface area (TPSA) is 86.9 Å². The van der Waals surface area contributed by atoms with Gasteiger partial charge < -0.3 is 23.6 Å². The molecule has 154 valence electrons. The van der Waals surface area contributed by atoms with Crippen LogP contribution in [0.3, 0.4) is 0 Å². The molecule has 30 heavy (non-hydrogen) atoms. The van der Waals surface area contributed by atoms with Crippen LogP contribution in [-0.4, -0.2) is 40.9 Å². The Morgan fingerprint density at radius 3 is 2.93 bits per heavy atom. The maximum Gasteiger partial charge on any atom is 0.232 e. The molecule has 5 rings (SSSR count). The Morgan fingerprint density at radius 2 is 2.03 bits per heavy atom. The first-order chi connectivity index (χ1) is 14.7. The molecular weight excluding hydrogens is 386 g/mol. The number of para-hydroxylation sites is 1. The van der Waals surface area contributed by atoms with Crippen LogP contribution in [0.2, 0.25) is 0 Å². The summed E-state index contributed by atoms with van der Waals surface area (Å²) in [5, 5.41) is 4.10. The number of rotatable bonds is 6. The van der Waals surface area contributed by atoms with Crippen LogP contribution in [-0.2, 0) is 11.3 Å². The number of likely N-dealkylation sites (tertiary alicyclic amines) is 1. The molecule has 0 bridgehead atoms. The number of nitrogens with zero attached hydrogens (tertiary/aromatic N) is 3. The van der Waals surface area contributed by atoms with Crippen molar-refractivity contribution in [1.82, 2.24) is 15.0 Å². The Hall–Kier alpha value is -3.55. The van der Waals surface area contributed by atoms with Gasteiger partial charge in [0.15, 0.2) is 11.5 Å². The minimum atomic E-state index is -0.132. The molecule has 0 saturated carbocycles. The van der Waals surface area contributed by atoms with Crippen molar-refractivity contribution in [1.29, 1.82) is 0 Å². The van der Waals surface area contributed by atoms with E-state index in [0.717, 1.165) is 16.9 Å². The van der Waals surface area contributed by atoms with Gasteiger partial charge >= 0.3 is 0 Å². The van der Waals surface area contributed by atoms with E-state index in [9.17, 15) is 4.79 Å². The zero-order valence-corrected chi connectivity index (χ0v) is 16.5. The van der Waals surface area contributed by atoms with E-state index in [1.807, 2.05) is 54.3 Å². The van der Waals surface area contributed by atoms with E-state index in [1.54, 1.807) is 0 Å². The largest absolute Gasteiger partial charge is 0.494 e. The highest BCUT2D eigenvalue weighted by Crippen LogP contribution is 2.36. The van der Waals surface area contributed by atoms with Gasteiger partial charge in [-0.05, 0) is 31.2 Å². The third-order valence-corrected chi connectivity index (χ3v) is 5.27. The zero-order valence-electron chi connectivity index (χ0n) is 16.5. The maximum atomic E-state index is 12.6. The van der Waals surface area contributed by atoms with E-state index in [-0.39, 0.29) is 18.6 Å². The minimum absolute atomic E-state index is 0.0640. The van der Waals surface area contributed by atoms with Gasteiger partial charge in [0.1, 0.15) is 5.75 Å². The molecule has 2 aliphatic rings. The van der Waals surface area contributed by atoms with Crippen LogP contribution in [0.25, 0.3) is 11.4 Å². The fourth-order valence-electron chi connectivity index (χ4n) is 3.78. The molecule has 2 aliphatic heterocycles. The van der Waals surface area contributed by atoms with Crippen molar-refractivity contribution < 1.29 is 23.5 Å². The summed E-state index contributed by atoms with van der Waals surface area (Å²) in [5.41, 5.74) is 1.76. The van der Waals surface area contributed by atoms with Gasteiger partial charge in [0.25, 0.3) is 0 Å². The fourth-order valence-corrected chi connectivity index (χ4v) is 3.78. The molecule has 1 amide bonds. The van der Waals surface area contributed by atoms with Crippen LogP contribution in [0.1, 0.15) is 30.7 Å². The van der Waals surface area contributed by atoms with Crippen LogP contribution < -0.4 is 14.2 Å². The van der Waals surface area contributed by atoms with E-state index >= 15 is 0 Å². The molecule has 8 nitrogen and oxygen atoms in total. The van der Waals surface area contributed by atoms with Gasteiger partial charge in [0.05, 0.1) is 12.5 Å². The lowest BCUT2D eigenvalue weighted by Crippen LogP contribution is -2.24. The first-order valence-electron chi connectivity index (χ1n) is 9.93. The molecule has 8 heteroatoms. The van der Waals surface area contributed by atoms with Crippen LogP contribution in [0.5, 0.6) is 17.2 Å². The Labute approximate surface area is 173 Å². The predicted molar refractivity (Wildman–Crippen MR) is 106 cm³/mol. The average Bonchev–Trinajstić information content (AvgIpc) is 3.49. The third kappa shape index (κ3) is 3.45. The van der Waals surface area contributed by atoms with Gasteiger partial charge in [-0.15, -0.1) is 0 Å². The monoisotopic (exact) mass is 407 g/mol. The number of carbonyl (C=O) groups is 1. The lowest BCUT2D eigenvalue weighted by molar-refractivity contribution is -0.128. The number of hydrogen-bond donors (Lipinski definition) is 0. The van der Waals surface area contributed by atoms with Gasteiger partial charge in [-0.1, -0.05) is 23.4 Å². The van der Waals surface area contributed by atoms with Crippen molar-refractivity contribution in [2.75, 3.05) is 19.9 Å². The van der Waals surface area contributed by atoms with Gasteiger partial charge in [-0.2, -0.15) is 4.98 Å². The second-order valence-electron chi connectivity index (χ2n) is 7.24. The molecule has 3 aromatic rings. The lowest BCUT2D eigenvalue weighted by Gasteiger charge is -2.18. The van der Waals surface area contributed by atoms with E-state index in [2.05, 4.69) is 10.1 Å². The summed E-state index contributed by atoms with van der Waals surface area (Å²) < 4.78 is 21.9. The molecule has 1 saturated heterocycles. The second-order valence-corrected chi connectivity index (χ2v) is 7.24. The molecule has 0 aliphatic carbocycles. The molecule has 0 spiro atoms. The smallest absolute Gasteiger partial charge is 0.232 e. The summed E-state index contributed by atoms with van der Waals surface area (Å²) in [7, 11) is 0. The Kier molecular flexibility index (Phi) is 4.74. The predicted octanol–water partition coefficient (Wildman–Crippen LogP) is 3.38. The maximum absolute atomic E-state index is 12.6. The highest BCUT2D eigenvalue weighted by molar-refractivity contribution is 5.79. The first-order valence-corrected chi connectivity index (χ1v) is 9.93. The summed E-state index contributed by atoms with van der Waals surface area (Å²) in [6, 6.07) is 13.3. The van der Waals surface area contributed by atoms with Gasteiger partial charge in [0, 0.05) is 30.6 Å². The van der Waals surface area contributed by atoms with Crippen molar-refractivity contribution in [2.24, 2.45) is 0 Å². The number of amides is 1. The van der Waals surface area contributed by atoms with Gasteiger partial charge in [0.2, 0.25) is 24.4 Å². The number of ether oxygens (including phenoxy) is 3.